The second kappa shape index (κ2) is 6.71. The zero-order valence-corrected chi connectivity index (χ0v) is 10.8. The number of carboxylic acids is 1. The number of nitrogens with two attached hydrogens (primary N) is 1. The van der Waals surface area contributed by atoms with Gasteiger partial charge < -0.3 is 21.5 Å². The smallest absolute Gasteiger partial charge is 0.326 e. The van der Waals surface area contributed by atoms with Crippen LogP contribution in [0.15, 0.2) is 18.2 Å². The fourth-order valence-corrected chi connectivity index (χ4v) is 1.48. The first-order chi connectivity index (χ1) is 9.29. The summed E-state index contributed by atoms with van der Waals surface area (Å²) >= 11 is 5.52. The molecule has 0 radical (unpaired) electrons. The van der Waals surface area contributed by atoms with Gasteiger partial charge in [-0.2, -0.15) is 0 Å². The van der Waals surface area contributed by atoms with Gasteiger partial charge in [-0.15, -0.1) is 0 Å². The number of rotatable bonds is 5. The Morgan fingerprint density at radius 3 is 2.55 bits per heavy atom. The van der Waals surface area contributed by atoms with E-state index < -0.39 is 36.2 Å². The third-order valence-corrected chi connectivity index (χ3v) is 2.48. The summed E-state index contributed by atoms with van der Waals surface area (Å²) in [5.74, 6) is -2.94. The van der Waals surface area contributed by atoms with Crippen LogP contribution in [0, 0.1) is 5.82 Å². The summed E-state index contributed by atoms with van der Waals surface area (Å²) in [7, 11) is 0. The first-order valence-electron chi connectivity index (χ1n) is 5.33. The van der Waals surface area contributed by atoms with Crippen LogP contribution in [0.25, 0.3) is 0 Å². The van der Waals surface area contributed by atoms with E-state index >= 15 is 0 Å². The van der Waals surface area contributed by atoms with Crippen LogP contribution in [0.4, 0.5) is 14.9 Å². The molecule has 0 unspecified atom stereocenters. The molecular formula is C11H11ClFN3O4. The molecule has 0 saturated heterocycles. The van der Waals surface area contributed by atoms with Crippen molar-refractivity contribution < 1.29 is 23.9 Å². The van der Waals surface area contributed by atoms with Gasteiger partial charge in [0.05, 0.1) is 11.4 Å². The van der Waals surface area contributed by atoms with E-state index in [-0.39, 0.29) is 10.7 Å². The second-order valence-corrected chi connectivity index (χ2v) is 4.20. The van der Waals surface area contributed by atoms with Gasteiger partial charge >= 0.3 is 12.0 Å². The highest BCUT2D eigenvalue weighted by Crippen LogP contribution is 2.19. The number of halogens is 2. The second-order valence-electron chi connectivity index (χ2n) is 3.79. The Labute approximate surface area is 117 Å². The highest BCUT2D eigenvalue weighted by Gasteiger charge is 2.22. The molecule has 108 valence electrons. The van der Waals surface area contributed by atoms with E-state index in [2.05, 4.69) is 5.32 Å². The number of urea groups is 1. The Balaban J connectivity index is 2.67. The van der Waals surface area contributed by atoms with Crippen LogP contribution in [0.2, 0.25) is 5.02 Å². The summed E-state index contributed by atoms with van der Waals surface area (Å²) in [6, 6.07) is 1.09. The lowest BCUT2D eigenvalue weighted by atomic mass is 10.2. The molecule has 20 heavy (non-hydrogen) atoms. The highest BCUT2D eigenvalue weighted by molar-refractivity contribution is 6.31. The van der Waals surface area contributed by atoms with Gasteiger partial charge in [-0.25, -0.2) is 14.0 Å². The predicted octanol–water partition coefficient (Wildman–Crippen LogP) is 0.929. The SMILES string of the molecule is NC(=O)C[C@H](NC(=O)Nc1ccc(F)c(Cl)c1)C(=O)O. The van der Waals surface area contributed by atoms with E-state index in [9.17, 15) is 18.8 Å². The predicted molar refractivity (Wildman–Crippen MR) is 68.8 cm³/mol. The largest absolute Gasteiger partial charge is 0.480 e. The molecule has 0 spiro atoms. The average molecular weight is 304 g/mol. The van der Waals surface area contributed by atoms with E-state index in [1.165, 1.54) is 6.07 Å². The van der Waals surface area contributed by atoms with Crippen LogP contribution in [0.1, 0.15) is 6.42 Å². The maximum atomic E-state index is 12.9. The number of nitrogens with one attached hydrogen (secondary N) is 2. The number of anilines is 1. The van der Waals surface area contributed by atoms with E-state index in [1.54, 1.807) is 0 Å². The molecule has 0 aromatic heterocycles. The van der Waals surface area contributed by atoms with E-state index in [4.69, 9.17) is 22.4 Å². The van der Waals surface area contributed by atoms with Gasteiger partial charge in [0.1, 0.15) is 11.9 Å². The van der Waals surface area contributed by atoms with E-state index in [0.29, 0.717) is 0 Å². The molecule has 3 amide bonds. The Kier molecular flexibility index (Phi) is 5.27. The highest BCUT2D eigenvalue weighted by atomic mass is 35.5. The monoisotopic (exact) mass is 303 g/mol. The standard InChI is InChI=1S/C11H11ClFN3O4/c12-6-3-5(1-2-7(6)13)15-11(20)16-8(10(18)19)4-9(14)17/h1-3,8H,4H2,(H2,14,17)(H,18,19)(H2,15,16,20)/t8-/m0/s1. The molecule has 0 aliphatic heterocycles. The van der Waals surface area contributed by atoms with Crippen LogP contribution < -0.4 is 16.4 Å². The van der Waals surface area contributed by atoms with Gasteiger partial charge in [-0.05, 0) is 18.2 Å². The Hall–Kier alpha value is -2.35. The van der Waals surface area contributed by atoms with Crippen LogP contribution in [-0.2, 0) is 9.59 Å². The van der Waals surface area contributed by atoms with Crippen molar-refractivity contribution in [2.75, 3.05) is 5.32 Å². The molecule has 0 saturated carbocycles. The third kappa shape index (κ3) is 4.73. The zero-order valence-electron chi connectivity index (χ0n) is 10.0. The summed E-state index contributed by atoms with van der Waals surface area (Å²) in [5, 5.41) is 12.9. The third-order valence-electron chi connectivity index (χ3n) is 2.19. The van der Waals surface area contributed by atoms with Crippen LogP contribution in [0.3, 0.4) is 0 Å². The number of hydrogen-bond acceptors (Lipinski definition) is 3. The summed E-state index contributed by atoms with van der Waals surface area (Å²) in [6.07, 6.45) is -0.549. The molecule has 0 aliphatic carbocycles. The lowest BCUT2D eigenvalue weighted by Gasteiger charge is -2.13. The van der Waals surface area contributed by atoms with Crippen LogP contribution >= 0.6 is 11.6 Å². The number of carbonyl (C=O) groups is 3. The molecule has 0 fully saturated rings. The first-order valence-corrected chi connectivity index (χ1v) is 5.71. The maximum Gasteiger partial charge on any atom is 0.326 e. The molecule has 1 aromatic rings. The Morgan fingerprint density at radius 1 is 1.40 bits per heavy atom. The Bertz CT molecular complexity index is 552. The van der Waals surface area contributed by atoms with Gasteiger partial charge in [0.2, 0.25) is 5.91 Å². The average Bonchev–Trinajstić information content (AvgIpc) is 2.32. The maximum absolute atomic E-state index is 12.9. The van der Waals surface area contributed by atoms with Crippen molar-refractivity contribution in [3.05, 3.63) is 29.0 Å². The molecule has 5 N–H and O–H groups in total. The molecule has 0 bridgehead atoms. The van der Waals surface area contributed by atoms with Crippen molar-refractivity contribution >= 4 is 35.2 Å². The molecular weight excluding hydrogens is 293 g/mol. The van der Waals surface area contributed by atoms with Crippen LogP contribution in [0.5, 0.6) is 0 Å². The Morgan fingerprint density at radius 2 is 2.05 bits per heavy atom. The summed E-state index contributed by atoms with van der Waals surface area (Å²) in [6.45, 7) is 0. The van der Waals surface area contributed by atoms with Crippen molar-refractivity contribution in [3.8, 4) is 0 Å². The van der Waals surface area contributed by atoms with Crippen molar-refractivity contribution in [3.63, 3.8) is 0 Å². The van der Waals surface area contributed by atoms with Crippen molar-refractivity contribution in [1.82, 2.24) is 5.32 Å². The fourth-order valence-electron chi connectivity index (χ4n) is 1.30. The van der Waals surface area contributed by atoms with Gasteiger partial charge in [0, 0.05) is 5.69 Å². The zero-order chi connectivity index (χ0) is 15.3. The minimum absolute atomic E-state index is 0.164. The van der Waals surface area contributed by atoms with E-state index in [1.807, 2.05) is 5.32 Å². The number of amides is 3. The lowest BCUT2D eigenvalue weighted by Crippen LogP contribution is -2.45. The minimum atomic E-state index is -1.46. The van der Waals surface area contributed by atoms with Gasteiger partial charge in [0.25, 0.3) is 0 Å². The van der Waals surface area contributed by atoms with Gasteiger partial charge in [0.15, 0.2) is 0 Å². The summed E-state index contributed by atoms with van der Waals surface area (Å²) in [5.41, 5.74) is 5.03. The van der Waals surface area contributed by atoms with Crippen molar-refractivity contribution in [2.45, 2.75) is 12.5 Å². The number of primary amides is 1. The quantitative estimate of drug-likeness (QED) is 0.646. The molecule has 7 nitrogen and oxygen atoms in total. The molecule has 0 heterocycles. The number of benzene rings is 1. The number of carboxylic acid groups (broad SMARTS) is 1. The molecule has 1 rings (SSSR count). The number of hydrogen-bond donors (Lipinski definition) is 4. The lowest BCUT2D eigenvalue weighted by molar-refractivity contribution is -0.140. The molecule has 1 aromatic carbocycles. The van der Waals surface area contributed by atoms with Gasteiger partial charge in [-0.1, -0.05) is 11.6 Å². The number of aliphatic carboxylic acids is 1. The summed E-state index contributed by atoms with van der Waals surface area (Å²) < 4.78 is 12.9. The molecule has 9 heteroatoms. The summed E-state index contributed by atoms with van der Waals surface area (Å²) in [4.78, 5) is 33.0. The molecule has 1 atom stereocenters. The number of carbonyl (C=O) groups excluding carboxylic acids is 2. The topological polar surface area (TPSA) is 122 Å². The van der Waals surface area contributed by atoms with E-state index in [0.717, 1.165) is 12.1 Å². The van der Waals surface area contributed by atoms with Gasteiger partial charge in [-0.3, -0.25) is 4.79 Å². The minimum Gasteiger partial charge on any atom is -0.480 e. The fraction of sp³-hybridized carbons (Fsp3) is 0.182. The molecule has 0 aliphatic rings. The van der Waals surface area contributed by atoms with Crippen LogP contribution in [-0.4, -0.2) is 29.1 Å². The van der Waals surface area contributed by atoms with Crippen molar-refractivity contribution in [2.24, 2.45) is 5.73 Å². The first kappa shape index (κ1) is 15.7. The van der Waals surface area contributed by atoms with Crippen molar-refractivity contribution in [1.29, 1.82) is 0 Å². The normalized spacial score (nSPS) is 11.5.